The summed E-state index contributed by atoms with van der Waals surface area (Å²) in [7, 11) is -3.67. The van der Waals surface area contributed by atoms with E-state index in [0.29, 0.717) is 0 Å². The highest BCUT2D eigenvalue weighted by molar-refractivity contribution is 7.89. The van der Waals surface area contributed by atoms with Gasteiger partial charge in [0, 0.05) is 19.1 Å². The second-order valence-electron chi connectivity index (χ2n) is 4.81. The van der Waals surface area contributed by atoms with E-state index in [9.17, 15) is 18.6 Å². The summed E-state index contributed by atoms with van der Waals surface area (Å²) in [6.45, 7) is 1.65. The zero-order valence-corrected chi connectivity index (χ0v) is 11.4. The van der Waals surface area contributed by atoms with Gasteiger partial charge in [-0.25, -0.2) is 8.42 Å². The summed E-state index contributed by atoms with van der Waals surface area (Å²) in [4.78, 5) is 0.137. The molecule has 1 saturated heterocycles. The standard InChI is InChI=1S/C12H18N2O4S/c1-8(13)9-2-4-10(5-3-9)19(17,18)14-6-11(15)12(16)7-14/h2-5,8,11-12,15-16H,6-7,13H2,1H3. The first-order valence-corrected chi connectivity index (χ1v) is 7.48. The number of rotatable bonds is 3. The molecule has 0 aromatic heterocycles. The molecule has 3 atom stereocenters. The van der Waals surface area contributed by atoms with E-state index >= 15 is 0 Å². The number of sulfonamides is 1. The summed E-state index contributed by atoms with van der Waals surface area (Å²) in [5.41, 5.74) is 6.55. The minimum absolute atomic E-state index is 0.0848. The van der Waals surface area contributed by atoms with Crippen molar-refractivity contribution in [3.8, 4) is 0 Å². The second kappa shape index (κ2) is 5.18. The molecule has 2 rings (SSSR count). The lowest BCUT2D eigenvalue weighted by Gasteiger charge is -2.16. The summed E-state index contributed by atoms with van der Waals surface area (Å²) >= 11 is 0. The number of β-amino-alcohol motifs (C(OH)–C–C–N with tert-alkyl or cyclic N) is 2. The Morgan fingerprint density at radius 3 is 2.11 bits per heavy atom. The van der Waals surface area contributed by atoms with E-state index in [1.807, 2.05) is 6.92 Å². The average Bonchev–Trinajstić information content (AvgIpc) is 2.70. The third-order valence-electron chi connectivity index (χ3n) is 3.27. The molecule has 1 aromatic rings. The number of hydrogen-bond acceptors (Lipinski definition) is 5. The molecule has 1 fully saturated rings. The first kappa shape index (κ1) is 14.4. The van der Waals surface area contributed by atoms with Crippen LogP contribution in [0.15, 0.2) is 29.2 Å². The Kier molecular flexibility index (Phi) is 3.93. The van der Waals surface area contributed by atoms with Gasteiger partial charge in [0.15, 0.2) is 0 Å². The van der Waals surface area contributed by atoms with E-state index in [2.05, 4.69) is 0 Å². The van der Waals surface area contributed by atoms with Crippen molar-refractivity contribution in [3.63, 3.8) is 0 Å². The number of nitrogens with zero attached hydrogens (tertiary/aromatic N) is 1. The molecule has 1 aromatic carbocycles. The van der Waals surface area contributed by atoms with Crippen molar-refractivity contribution in [1.82, 2.24) is 4.31 Å². The minimum Gasteiger partial charge on any atom is -0.389 e. The van der Waals surface area contributed by atoms with Gasteiger partial charge in [-0.15, -0.1) is 0 Å². The van der Waals surface area contributed by atoms with Crippen molar-refractivity contribution in [2.24, 2.45) is 5.73 Å². The molecule has 1 aliphatic heterocycles. The topological polar surface area (TPSA) is 104 Å². The Hall–Kier alpha value is -0.990. The largest absolute Gasteiger partial charge is 0.389 e. The lowest BCUT2D eigenvalue weighted by atomic mass is 10.1. The molecule has 4 N–H and O–H groups in total. The number of hydrogen-bond donors (Lipinski definition) is 3. The fourth-order valence-corrected chi connectivity index (χ4v) is 3.50. The molecule has 1 aliphatic rings. The van der Waals surface area contributed by atoms with Crippen LogP contribution in [0.5, 0.6) is 0 Å². The Balaban J connectivity index is 2.25. The second-order valence-corrected chi connectivity index (χ2v) is 6.75. The molecule has 0 amide bonds. The van der Waals surface area contributed by atoms with Gasteiger partial charge >= 0.3 is 0 Å². The van der Waals surface area contributed by atoms with E-state index < -0.39 is 22.2 Å². The maximum absolute atomic E-state index is 12.3. The minimum atomic E-state index is -3.67. The number of benzene rings is 1. The molecule has 1 heterocycles. The zero-order chi connectivity index (χ0) is 14.2. The monoisotopic (exact) mass is 286 g/mol. The molecule has 19 heavy (non-hydrogen) atoms. The smallest absolute Gasteiger partial charge is 0.243 e. The van der Waals surface area contributed by atoms with Gasteiger partial charge in [0.1, 0.15) is 0 Å². The van der Waals surface area contributed by atoms with Gasteiger partial charge < -0.3 is 15.9 Å². The van der Waals surface area contributed by atoms with Gasteiger partial charge in [0.25, 0.3) is 0 Å². The van der Waals surface area contributed by atoms with Crippen molar-refractivity contribution >= 4 is 10.0 Å². The predicted molar refractivity (Wildman–Crippen MR) is 69.8 cm³/mol. The number of aliphatic hydroxyl groups is 2. The van der Waals surface area contributed by atoms with E-state index in [-0.39, 0.29) is 24.0 Å². The molecule has 0 spiro atoms. The van der Waals surface area contributed by atoms with E-state index in [1.54, 1.807) is 12.1 Å². The lowest BCUT2D eigenvalue weighted by molar-refractivity contribution is 0.0572. The summed E-state index contributed by atoms with van der Waals surface area (Å²) in [5.74, 6) is 0. The van der Waals surface area contributed by atoms with Crippen molar-refractivity contribution in [2.75, 3.05) is 13.1 Å². The van der Waals surface area contributed by atoms with Crippen LogP contribution in [0.4, 0.5) is 0 Å². The van der Waals surface area contributed by atoms with Gasteiger partial charge in [0.05, 0.1) is 17.1 Å². The van der Waals surface area contributed by atoms with E-state index in [4.69, 9.17) is 5.73 Å². The molecule has 3 unspecified atom stereocenters. The molecular weight excluding hydrogens is 268 g/mol. The highest BCUT2D eigenvalue weighted by Crippen LogP contribution is 2.22. The van der Waals surface area contributed by atoms with Crippen LogP contribution in [-0.4, -0.2) is 48.2 Å². The fraction of sp³-hybridized carbons (Fsp3) is 0.500. The van der Waals surface area contributed by atoms with Crippen molar-refractivity contribution in [2.45, 2.75) is 30.1 Å². The molecular formula is C12H18N2O4S. The Bertz CT molecular complexity index is 531. The quantitative estimate of drug-likeness (QED) is 0.690. The predicted octanol–water partition coefficient (Wildman–Crippen LogP) is -0.568. The molecule has 0 radical (unpaired) electrons. The zero-order valence-electron chi connectivity index (χ0n) is 10.6. The van der Waals surface area contributed by atoms with E-state index in [0.717, 1.165) is 9.87 Å². The maximum Gasteiger partial charge on any atom is 0.243 e. The van der Waals surface area contributed by atoms with Crippen molar-refractivity contribution in [3.05, 3.63) is 29.8 Å². The van der Waals surface area contributed by atoms with Crippen LogP contribution in [0.3, 0.4) is 0 Å². The third kappa shape index (κ3) is 2.80. The maximum atomic E-state index is 12.3. The third-order valence-corrected chi connectivity index (χ3v) is 5.12. The Labute approximate surface area is 112 Å². The van der Waals surface area contributed by atoms with Gasteiger partial charge in [-0.2, -0.15) is 4.31 Å². The number of aliphatic hydroxyl groups excluding tert-OH is 2. The highest BCUT2D eigenvalue weighted by atomic mass is 32.2. The molecule has 106 valence electrons. The summed E-state index contributed by atoms with van der Waals surface area (Å²) in [5, 5.41) is 18.8. The van der Waals surface area contributed by atoms with Crippen LogP contribution in [0.2, 0.25) is 0 Å². The van der Waals surface area contributed by atoms with Crippen LogP contribution in [0, 0.1) is 0 Å². The summed E-state index contributed by atoms with van der Waals surface area (Å²) in [6, 6.07) is 6.16. The molecule has 0 saturated carbocycles. The molecule has 6 nitrogen and oxygen atoms in total. The normalized spacial score (nSPS) is 26.5. The van der Waals surface area contributed by atoms with Crippen molar-refractivity contribution in [1.29, 1.82) is 0 Å². The summed E-state index contributed by atoms with van der Waals surface area (Å²) < 4.78 is 25.6. The molecule has 7 heteroatoms. The summed E-state index contributed by atoms with van der Waals surface area (Å²) in [6.07, 6.45) is -2.06. The van der Waals surface area contributed by atoms with Gasteiger partial charge in [-0.3, -0.25) is 0 Å². The van der Waals surface area contributed by atoms with Crippen molar-refractivity contribution < 1.29 is 18.6 Å². The molecule has 0 aliphatic carbocycles. The molecule has 0 bridgehead atoms. The number of nitrogens with two attached hydrogens (primary N) is 1. The highest BCUT2D eigenvalue weighted by Gasteiger charge is 2.37. The Morgan fingerprint density at radius 2 is 1.68 bits per heavy atom. The van der Waals surface area contributed by atoms with Gasteiger partial charge in [0.2, 0.25) is 10.0 Å². The van der Waals surface area contributed by atoms with Crippen LogP contribution in [-0.2, 0) is 10.0 Å². The fourth-order valence-electron chi connectivity index (χ4n) is 2.02. The van der Waals surface area contributed by atoms with Crippen LogP contribution in [0.25, 0.3) is 0 Å². The first-order valence-electron chi connectivity index (χ1n) is 6.04. The lowest BCUT2D eigenvalue weighted by Crippen LogP contribution is -2.30. The van der Waals surface area contributed by atoms with Crippen LogP contribution < -0.4 is 5.73 Å². The van der Waals surface area contributed by atoms with Crippen LogP contribution in [0.1, 0.15) is 18.5 Å². The Morgan fingerprint density at radius 1 is 1.21 bits per heavy atom. The van der Waals surface area contributed by atoms with Gasteiger partial charge in [-0.05, 0) is 24.6 Å². The SMILES string of the molecule is CC(N)c1ccc(S(=O)(=O)N2CC(O)C(O)C2)cc1. The average molecular weight is 286 g/mol. The van der Waals surface area contributed by atoms with Gasteiger partial charge in [-0.1, -0.05) is 12.1 Å². The first-order chi connectivity index (χ1) is 8.82. The van der Waals surface area contributed by atoms with E-state index in [1.165, 1.54) is 12.1 Å². The van der Waals surface area contributed by atoms with Crippen LogP contribution >= 0.6 is 0 Å².